The maximum atomic E-state index is 12.3. The van der Waals surface area contributed by atoms with Crippen molar-refractivity contribution in [3.8, 4) is 0 Å². The quantitative estimate of drug-likeness (QED) is 0.773. The number of rotatable bonds is 5. The number of hydrogen-bond acceptors (Lipinski definition) is 3. The highest BCUT2D eigenvalue weighted by atomic mass is 35.5. The predicted octanol–water partition coefficient (Wildman–Crippen LogP) is 2.85. The Morgan fingerprint density at radius 1 is 1.05 bits per heavy atom. The van der Waals surface area contributed by atoms with Gasteiger partial charge in [0.1, 0.15) is 0 Å². The molecule has 1 aromatic rings. The van der Waals surface area contributed by atoms with Crippen molar-refractivity contribution in [2.45, 2.75) is 20.3 Å². The van der Waals surface area contributed by atoms with Crippen molar-refractivity contribution in [3.05, 3.63) is 33.3 Å². The molecule has 1 aliphatic rings. The first-order valence-electron chi connectivity index (χ1n) is 7.03. The van der Waals surface area contributed by atoms with Crippen molar-refractivity contribution in [3.63, 3.8) is 0 Å². The van der Waals surface area contributed by atoms with Gasteiger partial charge in [-0.1, -0.05) is 23.2 Å². The minimum absolute atomic E-state index is 0.0525. The molecule has 118 valence electrons. The molecule has 0 bridgehead atoms. The molecule has 3 amide bonds. The van der Waals surface area contributed by atoms with Gasteiger partial charge >= 0.3 is 0 Å². The Labute approximate surface area is 138 Å². The van der Waals surface area contributed by atoms with Crippen LogP contribution in [-0.4, -0.2) is 47.2 Å². The standard InChI is InChI=1S/C15H16Cl2N2O3/c1-3-18(4-2)13(20)5-6-19-14(21)9-7-11(16)12(17)8-10(9)15(19)22/h7-8H,3-6H2,1-2H3. The fourth-order valence-corrected chi connectivity index (χ4v) is 2.76. The van der Waals surface area contributed by atoms with E-state index in [1.807, 2.05) is 13.8 Å². The highest BCUT2D eigenvalue weighted by Crippen LogP contribution is 2.31. The van der Waals surface area contributed by atoms with E-state index >= 15 is 0 Å². The van der Waals surface area contributed by atoms with E-state index in [1.165, 1.54) is 12.1 Å². The van der Waals surface area contributed by atoms with Crippen LogP contribution in [-0.2, 0) is 4.79 Å². The summed E-state index contributed by atoms with van der Waals surface area (Å²) in [6.45, 7) is 5.02. The molecule has 0 aromatic heterocycles. The SMILES string of the molecule is CCN(CC)C(=O)CCN1C(=O)c2cc(Cl)c(Cl)cc2C1=O. The lowest BCUT2D eigenvalue weighted by Gasteiger charge is -2.20. The summed E-state index contributed by atoms with van der Waals surface area (Å²) in [5, 5.41) is 0.449. The molecule has 1 heterocycles. The number of halogens is 2. The molecule has 0 aliphatic carbocycles. The monoisotopic (exact) mass is 342 g/mol. The molecular formula is C15H16Cl2N2O3. The summed E-state index contributed by atoms with van der Waals surface area (Å²) >= 11 is 11.8. The molecule has 0 unspecified atom stereocenters. The molecule has 1 aliphatic heterocycles. The molecule has 0 radical (unpaired) electrons. The van der Waals surface area contributed by atoms with Gasteiger partial charge in [-0.05, 0) is 26.0 Å². The maximum absolute atomic E-state index is 12.3. The largest absolute Gasteiger partial charge is 0.343 e. The zero-order valence-corrected chi connectivity index (χ0v) is 13.9. The molecule has 1 aromatic carbocycles. The summed E-state index contributed by atoms with van der Waals surface area (Å²) in [5.41, 5.74) is 0.462. The molecule has 0 spiro atoms. The van der Waals surface area contributed by atoms with Crippen molar-refractivity contribution in [2.24, 2.45) is 0 Å². The average molecular weight is 343 g/mol. The van der Waals surface area contributed by atoms with Crippen molar-refractivity contribution in [1.82, 2.24) is 9.80 Å². The number of fused-ring (bicyclic) bond motifs is 1. The van der Waals surface area contributed by atoms with Crippen LogP contribution in [0.2, 0.25) is 10.0 Å². The van der Waals surface area contributed by atoms with Crippen LogP contribution in [0.3, 0.4) is 0 Å². The summed E-state index contributed by atoms with van der Waals surface area (Å²) in [5.74, 6) is -0.963. The number of nitrogens with zero attached hydrogens (tertiary/aromatic N) is 2. The first-order chi connectivity index (χ1) is 10.4. The van der Waals surface area contributed by atoms with Crippen molar-refractivity contribution in [1.29, 1.82) is 0 Å². The number of hydrogen-bond donors (Lipinski definition) is 0. The van der Waals surface area contributed by atoms with Gasteiger partial charge in [0.15, 0.2) is 0 Å². The van der Waals surface area contributed by atoms with Gasteiger partial charge in [-0.25, -0.2) is 0 Å². The van der Waals surface area contributed by atoms with Crippen LogP contribution >= 0.6 is 23.2 Å². The summed E-state index contributed by atoms with van der Waals surface area (Å²) in [4.78, 5) is 39.3. The molecule has 22 heavy (non-hydrogen) atoms. The van der Waals surface area contributed by atoms with Gasteiger partial charge in [-0.3, -0.25) is 19.3 Å². The van der Waals surface area contributed by atoms with Crippen LogP contribution in [0.1, 0.15) is 41.0 Å². The minimum atomic E-state index is -0.439. The second-order valence-electron chi connectivity index (χ2n) is 4.89. The lowest BCUT2D eigenvalue weighted by Crippen LogP contribution is -2.36. The first-order valence-corrected chi connectivity index (χ1v) is 7.79. The molecule has 5 nitrogen and oxygen atoms in total. The molecule has 0 saturated carbocycles. The topological polar surface area (TPSA) is 57.7 Å². The average Bonchev–Trinajstić information content (AvgIpc) is 2.71. The fourth-order valence-electron chi connectivity index (χ4n) is 2.43. The summed E-state index contributed by atoms with van der Waals surface area (Å²) in [6.07, 6.45) is 0.106. The third kappa shape index (κ3) is 2.96. The Bertz CT molecular complexity index is 601. The molecule has 0 N–H and O–H groups in total. The molecule has 0 fully saturated rings. The molecule has 0 saturated heterocycles. The van der Waals surface area contributed by atoms with Crippen molar-refractivity contribution in [2.75, 3.05) is 19.6 Å². The van der Waals surface area contributed by atoms with Crippen molar-refractivity contribution < 1.29 is 14.4 Å². The van der Waals surface area contributed by atoms with E-state index in [0.29, 0.717) is 13.1 Å². The van der Waals surface area contributed by atoms with Gasteiger partial charge in [0.2, 0.25) is 5.91 Å². The van der Waals surface area contributed by atoms with E-state index in [-0.39, 0.29) is 40.0 Å². The Kier molecular flexibility index (Phi) is 5.08. The summed E-state index contributed by atoms with van der Waals surface area (Å²) < 4.78 is 0. The van der Waals surface area contributed by atoms with Crippen LogP contribution in [0.25, 0.3) is 0 Å². The lowest BCUT2D eigenvalue weighted by molar-refractivity contribution is -0.130. The molecular weight excluding hydrogens is 327 g/mol. The Morgan fingerprint density at radius 2 is 1.50 bits per heavy atom. The van der Waals surface area contributed by atoms with Gasteiger partial charge in [0.05, 0.1) is 21.2 Å². The molecule has 0 atom stereocenters. The van der Waals surface area contributed by atoms with Crippen LogP contribution in [0.15, 0.2) is 12.1 Å². The van der Waals surface area contributed by atoms with E-state index < -0.39 is 11.8 Å². The first kappa shape index (κ1) is 16.8. The third-order valence-electron chi connectivity index (χ3n) is 3.68. The van der Waals surface area contributed by atoms with Crippen LogP contribution in [0, 0.1) is 0 Å². The van der Waals surface area contributed by atoms with Crippen LogP contribution in [0.4, 0.5) is 0 Å². The van der Waals surface area contributed by atoms with E-state index in [1.54, 1.807) is 4.90 Å². The van der Waals surface area contributed by atoms with E-state index in [9.17, 15) is 14.4 Å². The second-order valence-corrected chi connectivity index (χ2v) is 5.70. The number of benzene rings is 1. The van der Waals surface area contributed by atoms with Gasteiger partial charge in [0, 0.05) is 26.1 Å². The zero-order chi connectivity index (χ0) is 16.4. The van der Waals surface area contributed by atoms with E-state index in [0.717, 1.165) is 4.90 Å². The predicted molar refractivity (Wildman–Crippen MR) is 84.4 cm³/mol. The lowest BCUT2D eigenvalue weighted by atomic mass is 10.1. The van der Waals surface area contributed by atoms with Crippen LogP contribution in [0.5, 0.6) is 0 Å². The maximum Gasteiger partial charge on any atom is 0.261 e. The van der Waals surface area contributed by atoms with E-state index in [4.69, 9.17) is 23.2 Å². The number of imide groups is 1. The highest BCUT2D eigenvalue weighted by Gasteiger charge is 2.36. The normalized spacial score (nSPS) is 13.5. The zero-order valence-electron chi connectivity index (χ0n) is 12.4. The number of carbonyl (C=O) groups excluding carboxylic acids is 3. The fraction of sp³-hybridized carbons (Fsp3) is 0.400. The third-order valence-corrected chi connectivity index (χ3v) is 4.40. The van der Waals surface area contributed by atoms with E-state index in [2.05, 4.69) is 0 Å². The Morgan fingerprint density at radius 3 is 1.91 bits per heavy atom. The van der Waals surface area contributed by atoms with Gasteiger partial charge in [-0.15, -0.1) is 0 Å². The van der Waals surface area contributed by atoms with Gasteiger partial charge in [-0.2, -0.15) is 0 Å². The molecule has 2 rings (SSSR count). The second kappa shape index (κ2) is 6.67. The summed E-state index contributed by atoms with van der Waals surface area (Å²) in [7, 11) is 0. The highest BCUT2D eigenvalue weighted by molar-refractivity contribution is 6.43. The van der Waals surface area contributed by atoms with Crippen molar-refractivity contribution >= 4 is 40.9 Å². The van der Waals surface area contributed by atoms with Gasteiger partial charge in [0.25, 0.3) is 11.8 Å². The number of amides is 3. The Hall–Kier alpha value is -1.59. The molecule has 7 heteroatoms. The minimum Gasteiger partial charge on any atom is -0.343 e. The summed E-state index contributed by atoms with van der Waals surface area (Å²) in [6, 6.07) is 2.79. The Balaban J connectivity index is 2.14. The number of carbonyl (C=O) groups is 3. The van der Waals surface area contributed by atoms with Gasteiger partial charge < -0.3 is 4.90 Å². The smallest absolute Gasteiger partial charge is 0.261 e. The van der Waals surface area contributed by atoms with Crippen LogP contribution < -0.4 is 0 Å².